The predicted octanol–water partition coefficient (Wildman–Crippen LogP) is 6.22. The highest BCUT2D eigenvalue weighted by molar-refractivity contribution is 5.80. The summed E-state index contributed by atoms with van der Waals surface area (Å²) in [5, 5.41) is 9.03. The number of hydrogen-bond acceptors (Lipinski definition) is 6. The average Bonchev–Trinajstić information content (AvgIpc) is 3.25. The third-order valence-electron chi connectivity index (χ3n) is 8.86. The van der Waals surface area contributed by atoms with Crippen LogP contribution in [0.15, 0.2) is 48.7 Å². The number of carbonyl (C=O) groups excluding carboxylic acids is 1. The Morgan fingerprint density at radius 1 is 0.978 bits per heavy atom. The smallest absolute Gasteiger partial charge is 0.307 e. The lowest BCUT2D eigenvalue weighted by molar-refractivity contribution is -0.137. The first kappa shape index (κ1) is 34.9. The van der Waals surface area contributed by atoms with E-state index in [1.54, 1.807) is 25.3 Å². The summed E-state index contributed by atoms with van der Waals surface area (Å²) in [5.41, 5.74) is 3.52. The fourth-order valence-corrected chi connectivity index (χ4v) is 6.77. The topological polar surface area (TPSA) is 89.9 Å². The maximum atomic E-state index is 14.4. The summed E-state index contributed by atoms with van der Waals surface area (Å²) >= 11 is 0. The van der Waals surface area contributed by atoms with Crippen molar-refractivity contribution in [2.75, 3.05) is 42.5 Å². The van der Waals surface area contributed by atoms with Gasteiger partial charge in [0.15, 0.2) is 0 Å². The lowest BCUT2D eigenvalue weighted by Gasteiger charge is -2.47. The number of amides is 1. The van der Waals surface area contributed by atoms with E-state index < -0.39 is 11.5 Å². The lowest BCUT2D eigenvalue weighted by atomic mass is 9.79. The van der Waals surface area contributed by atoms with Gasteiger partial charge in [-0.15, -0.1) is 0 Å². The number of hydrogen-bond donors (Lipinski definition) is 1. The Kier molecular flexibility index (Phi) is 10.7. The molecule has 1 unspecified atom stereocenters. The minimum absolute atomic E-state index is 0.0400. The van der Waals surface area contributed by atoms with Crippen LogP contribution in [0.5, 0.6) is 0 Å². The zero-order valence-electron chi connectivity index (χ0n) is 28.7. The van der Waals surface area contributed by atoms with Gasteiger partial charge in [0.05, 0.1) is 24.1 Å². The molecule has 0 saturated carbocycles. The Morgan fingerprint density at radius 3 is 2.30 bits per heavy atom. The van der Waals surface area contributed by atoms with Gasteiger partial charge in [-0.25, -0.2) is 14.4 Å². The van der Waals surface area contributed by atoms with Crippen LogP contribution < -0.4 is 9.80 Å². The highest BCUT2D eigenvalue weighted by atomic mass is 19.1. The maximum Gasteiger partial charge on any atom is 0.307 e. The number of fused-ring (bicyclic) bond motifs is 1. The van der Waals surface area contributed by atoms with Crippen LogP contribution in [-0.4, -0.2) is 70.1 Å². The van der Waals surface area contributed by atoms with E-state index in [0.717, 1.165) is 41.5 Å². The third-order valence-corrected chi connectivity index (χ3v) is 8.86. The number of halogens is 1. The number of aromatic nitrogens is 2. The molecule has 2 aliphatic heterocycles. The van der Waals surface area contributed by atoms with Gasteiger partial charge in [-0.2, -0.15) is 0 Å². The number of pyridine rings is 2. The molecule has 9 heteroatoms. The van der Waals surface area contributed by atoms with E-state index in [1.165, 1.54) is 0 Å². The van der Waals surface area contributed by atoms with E-state index in [9.17, 15) is 14.0 Å². The first-order valence-electron chi connectivity index (χ1n) is 16.5. The average molecular weight is 632 g/mol. The zero-order valence-corrected chi connectivity index (χ0v) is 28.7. The van der Waals surface area contributed by atoms with Gasteiger partial charge in [0.1, 0.15) is 17.5 Å². The predicted molar refractivity (Wildman–Crippen MR) is 182 cm³/mol. The molecule has 1 N–H and O–H groups in total. The molecule has 248 valence electrons. The minimum atomic E-state index is -0.883. The van der Waals surface area contributed by atoms with E-state index in [4.69, 9.17) is 10.1 Å². The van der Waals surface area contributed by atoms with Crippen molar-refractivity contribution >= 4 is 23.5 Å². The number of aryl methyl sites for hydroxylation is 1. The molecule has 4 heterocycles. The molecule has 1 fully saturated rings. The molecule has 0 radical (unpaired) electrons. The van der Waals surface area contributed by atoms with E-state index in [0.29, 0.717) is 43.1 Å². The number of rotatable bonds is 9. The van der Waals surface area contributed by atoms with Gasteiger partial charge in [-0.1, -0.05) is 58.9 Å². The molecule has 1 atom stereocenters. The number of benzene rings is 1. The molecule has 3 aromatic rings. The summed E-state index contributed by atoms with van der Waals surface area (Å²) in [5.74, 6) is 1.13. The fraction of sp³-hybridized carbons (Fsp3) is 0.514. The molecule has 0 spiro atoms. The van der Waals surface area contributed by atoms with E-state index in [-0.39, 0.29) is 30.0 Å². The van der Waals surface area contributed by atoms with Gasteiger partial charge in [0, 0.05) is 49.9 Å². The van der Waals surface area contributed by atoms with Crippen LogP contribution in [0.25, 0.3) is 0 Å². The third kappa shape index (κ3) is 7.85. The van der Waals surface area contributed by atoms with Crippen molar-refractivity contribution in [1.29, 1.82) is 0 Å². The van der Waals surface area contributed by atoms with Crippen LogP contribution in [0.2, 0.25) is 0 Å². The molecule has 1 amide bonds. The normalized spacial score (nSPS) is 18.7. The minimum Gasteiger partial charge on any atom is -0.481 e. The van der Waals surface area contributed by atoms with Crippen molar-refractivity contribution in [3.63, 3.8) is 0 Å². The number of aliphatic carboxylic acids is 1. The summed E-state index contributed by atoms with van der Waals surface area (Å²) in [6.45, 7) is 20.0. The van der Waals surface area contributed by atoms with Crippen LogP contribution in [-0.2, 0) is 34.3 Å². The first-order valence-corrected chi connectivity index (χ1v) is 16.5. The van der Waals surface area contributed by atoms with Gasteiger partial charge >= 0.3 is 5.97 Å². The van der Waals surface area contributed by atoms with E-state index >= 15 is 0 Å². The van der Waals surface area contributed by atoms with Crippen molar-refractivity contribution < 1.29 is 19.1 Å². The standard InChI is InChI=1S/C35H44FN5O3.C2H6/c1-23(2)20-40-22-35(6,18-25-8-7-24(3)29(36)15-25)28-11-10-27(38-33(28)40)17-31(42)41-14-13-39(21-34(41,4)5)30-12-9-26(19-37-30)16-32(43)44;1-2/h7-12,15,19,23H,13-14,16-18,20-22H2,1-6H3,(H,43,44);1-2H3. The molecule has 2 aliphatic rings. The van der Waals surface area contributed by atoms with Crippen LogP contribution in [0.1, 0.15) is 76.4 Å². The summed E-state index contributed by atoms with van der Waals surface area (Å²) in [6.07, 6.45) is 2.48. The van der Waals surface area contributed by atoms with Crippen molar-refractivity contribution in [3.8, 4) is 0 Å². The second-order valence-corrected chi connectivity index (χ2v) is 13.8. The number of carboxylic acids is 1. The molecule has 0 aliphatic carbocycles. The van der Waals surface area contributed by atoms with Crippen molar-refractivity contribution in [3.05, 3.63) is 82.4 Å². The molecular formula is C37H50FN5O3. The molecule has 0 bridgehead atoms. The SMILES string of the molecule is CC.Cc1ccc(CC2(C)CN(CC(C)C)c3nc(CC(=O)N4CCN(c5ccc(CC(=O)O)cn5)CC4(C)C)ccc32)cc1F. The molecule has 1 aromatic carbocycles. The monoisotopic (exact) mass is 631 g/mol. The zero-order chi connectivity index (χ0) is 33.8. The Bertz CT molecular complexity index is 1540. The summed E-state index contributed by atoms with van der Waals surface area (Å²) in [7, 11) is 0. The molecule has 2 aromatic heterocycles. The van der Waals surface area contributed by atoms with Gasteiger partial charge in [0.2, 0.25) is 5.91 Å². The number of carboxylic acid groups (broad SMARTS) is 1. The molecule has 46 heavy (non-hydrogen) atoms. The second kappa shape index (κ2) is 14.2. The van der Waals surface area contributed by atoms with Crippen molar-refractivity contribution in [1.82, 2.24) is 14.9 Å². The van der Waals surface area contributed by atoms with Gasteiger partial charge < -0.3 is 19.8 Å². The largest absolute Gasteiger partial charge is 0.481 e. The quantitative estimate of drug-likeness (QED) is 0.300. The van der Waals surface area contributed by atoms with Crippen LogP contribution in [0.3, 0.4) is 0 Å². The van der Waals surface area contributed by atoms with Crippen molar-refractivity contribution in [2.24, 2.45) is 5.92 Å². The van der Waals surface area contributed by atoms with Crippen LogP contribution in [0.4, 0.5) is 16.0 Å². The number of carbonyl (C=O) groups is 2. The molecule has 1 saturated heterocycles. The number of nitrogens with zero attached hydrogens (tertiary/aromatic N) is 5. The van der Waals surface area contributed by atoms with E-state index in [1.807, 2.05) is 43.0 Å². The molecular weight excluding hydrogens is 581 g/mol. The fourth-order valence-electron chi connectivity index (χ4n) is 6.77. The maximum absolute atomic E-state index is 14.4. The number of piperazine rings is 1. The lowest BCUT2D eigenvalue weighted by Crippen LogP contribution is -2.61. The second-order valence-electron chi connectivity index (χ2n) is 13.8. The molecule has 5 rings (SSSR count). The van der Waals surface area contributed by atoms with Crippen LogP contribution >= 0.6 is 0 Å². The summed E-state index contributed by atoms with van der Waals surface area (Å²) in [6, 6.07) is 13.3. The van der Waals surface area contributed by atoms with Gasteiger partial charge in [-0.3, -0.25) is 9.59 Å². The Morgan fingerprint density at radius 2 is 1.70 bits per heavy atom. The van der Waals surface area contributed by atoms with Crippen LogP contribution in [0, 0.1) is 18.7 Å². The number of anilines is 2. The van der Waals surface area contributed by atoms with Crippen molar-refractivity contribution in [2.45, 2.75) is 85.6 Å². The summed E-state index contributed by atoms with van der Waals surface area (Å²) < 4.78 is 14.4. The highest BCUT2D eigenvalue weighted by Crippen LogP contribution is 2.42. The first-order chi connectivity index (χ1) is 21.7. The molecule has 8 nitrogen and oxygen atoms in total. The van der Waals surface area contributed by atoms with Gasteiger partial charge in [0.25, 0.3) is 0 Å². The Balaban J connectivity index is 0.00000235. The Hall–Kier alpha value is -4.01. The highest BCUT2D eigenvalue weighted by Gasteiger charge is 2.41. The van der Waals surface area contributed by atoms with Gasteiger partial charge in [-0.05, 0) is 68.0 Å². The van der Waals surface area contributed by atoms with E-state index in [2.05, 4.69) is 55.5 Å². The summed E-state index contributed by atoms with van der Waals surface area (Å²) in [4.78, 5) is 40.7. The Labute approximate surface area is 273 Å².